The van der Waals surface area contributed by atoms with Crippen molar-refractivity contribution in [2.24, 2.45) is 0 Å². The lowest BCUT2D eigenvalue weighted by molar-refractivity contribution is 0.101. The van der Waals surface area contributed by atoms with Gasteiger partial charge in [-0.3, -0.25) is 4.79 Å². The number of hydrogen-bond donors (Lipinski definition) is 0. The predicted octanol–water partition coefficient (Wildman–Crippen LogP) is 4.42. The highest BCUT2D eigenvalue weighted by molar-refractivity contribution is 6.30. The van der Waals surface area contributed by atoms with Crippen LogP contribution in [0.5, 0.6) is 0 Å². The summed E-state index contributed by atoms with van der Waals surface area (Å²) < 4.78 is 5.54. The van der Waals surface area contributed by atoms with Crippen LogP contribution in [0.3, 0.4) is 0 Å². The molecule has 88 valence electrons. The number of benzene rings is 1. The first-order valence-corrected chi connectivity index (χ1v) is 5.75. The highest BCUT2D eigenvalue weighted by Crippen LogP contribution is 2.32. The minimum Gasteiger partial charge on any atom is -0.465 e. The Morgan fingerprint density at radius 2 is 1.71 bits per heavy atom. The number of rotatable bonds is 2. The van der Waals surface area contributed by atoms with E-state index in [0.717, 1.165) is 16.9 Å². The molecule has 0 bridgehead atoms. The van der Waals surface area contributed by atoms with Crippen molar-refractivity contribution in [3.05, 3.63) is 46.4 Å². The molecule has 17 heavy (non-hydrogen) atoms. The number of halogens is 1. The number of hydrogen-bond acceptors (Lipinski definition) is 2. The molecule has 1 aromatic carbocycles. The normalized spacial score (nSPS) is 10.6. The molecule has 1 heterocycles. The Morgan fingerprint density at radius 1 is 1.12 bits per heavy atom. The third-order valence-electron chi connectivity index (χ3n) is 2.75. The maximum absolute atomic E-state index is 11.7. The molecule has 2 aromatic rings. The molecule has 0 aliphatic carbocycles. The highest BCUT2D eigenvalue weighted by atomic mass is 35.5. The molecule has 2 nitrogen and oxygen atoms in total. The molecule has 0 aliphatic rings. The highest BCUT2D eigenvalue weighted by Gasteiger charge is 2.19. The van der Waals surface area contributed by atoms with E-state index in [1.54, 1.807) is 6.92 Å². The molecule has 0 saturated carbocycles. The summed E-state index contributed by atoms with van der Waals surface area (Å²) in [6, 6.07) is 7.41. The zero-order chi connectivity index (χ0) is 12.6. The Morgan fingerprint density at radius 3 is 2.24 bits per heavy atom. The summed E-state index contributed by atoms with van der Waals surface area (Å²) in [5.74, 6) is 1.44. The van der Waals surface area contributed by atoms with E-state index in [2.05, 4.69) is 0 Å². The molecule has 0 N–H and O–H groups in total. The fraction of sp³-hybridized carbons (Fsp3) is 0.214. The topological polar surface area (TPSA) is 30.2 Å². The van der Waals surface area contributed by atoms with E-state index in [1.165, 1.54) is 0 Å². The SMILES string of the molecule is CC(=O)c1c(C)oc(C)c1-c1ccc(Cl)cc1. The summed E-state index contributed by atoms with van der Waals surface area (Å²) >= 11 is 5.86. The van der Waals surface area contributed by atoms with E-state index < -0.39 is 0 Å². The van der Waals surface area contributed by atoms with Gasteiger partial charge in [-0.1, -0.05) is 23.7 Å². The van der Waals surface area contributed by atoms with E-state index in [9.17, 15) is 4.79 Å². The minimum atomic E-state index is 0.0179. The molecule has 0 fully saturated rings. The van der Waals surface area contributed by atoms with Gasteiger partial charge in [-0.05, 0) is 38.5 Å². The number of Topliss-reactive ketones (excluding diaryl/α,β-unsaturated/α-hetero) is 1. The molecule has 0 spiro atoms. The molecule has 0 saturated heterocycles. The van der Waals surface area contributed by atoms with Crippen molar-refractivity contribution in [3.63, 3.8) is 0 Å². The van der Waals surface area contributed by atoms with Crippen molar-refractivity contribution in [1.29, 1.82) is 0 Å². The Labute approximate surface area is 105 Å². The lowest BCUT2D eigenvalue weighted by Gasteiger charge is -2.02. The van der Waals surface area contributed by atoms with Crippen molar-refractivity contribution in [3.8, 4) is 11.1 Å². The molecule has 0 radical (unpaired) electrons. The zero-order valence-corrected chi connectivity index (χ0v) is 10.8. The fourth-order valence-corrected chi connectivity index (χ4v) is 2.20. The summed E-state index contributed by atoms with van der Waals surface area (Å²) in [6.07, 6.45) is 0. The van der Waals surface area contributed by atoms with Crippen LogP contribution in [-0.4, -0.2) is 5.78 Å². The monoisotopic (exact) mass is 248 g/mol. The minimum absolute atomic E-state index is 0.0179. The van der Waals surface area contributed by atoms with Crippen molar-refractivity contribution in [2.75, 3.05) is 0 Å². The van der Waals surface area contributed by atoms with Crippen LogP contribution < -0.4 is 0 Å². The zero-order valence-electron chi connectivity index (χ0n) is 10.0. The maximum atomic E-state index is 11.7. The number of carbonyl (C=O) groups excluding carboxylic acids is 1. The number of carbonyl (C=O) groups is 1. The summed E-state index contributed by atoms with van der Waals surface area (Å²) in [5.41, 5.74) is 2.48. The van der Waals surface area contributed by atoms with Gasteiger partial charge in [0.25, 0.3) is 0 Å². The van der Waals surface area contributed by atoms with Gasteiger partial charge in [-0.2, -0.15) is 0 Å². The smallest absolute Gasteiger partial charge is 0.163 e. The molecule has 0 amide bonds. The van der Waals surface area contributed by atoms with Gasteiger partial charge in [0.15, 0.2) is 5.78 Å². The van der Waals surface area contributed by atoms with Crippen LogP contribution in [-0.2, 0) is 0 Å². The number of aryl methyl sites for hydroxylation is 2. The van der Waals surface area contributed by atoms with Gasteiger partial charge < -0.3 is 4.42 Å². The van der Waals surface area contributed by atoms with Crippen LogP contribution in [0.25, 0.3) is 11.1 Å². The van der Waals surface area contributed by atoms with Crippen LogP contribution in [0, 0.1) is 13.8 Å². The number of furan rings is 1. The quantitative estimate of drug-likeness (QED) is 0.737. The first kappa shape index (κ1) is 11.9. The summed E-state index contributed by atoms with van der Waals surface area (Å²) in [7, 11) is 0. The molecule has 2 rings (SSSR count). The average Bonchev–Trinajstić information content (AvgIpc) is 2.55. The maximum Gasteiger partial charge on any atom is 0.163 e. The second-order valence-electron chi connectivity index (χ2n) is 4.03. The third kappa shape index (κ3) is 2.13. The Bertz CT molecular complexity index is 565. The fourth-order valence-electron chi connectivity index (χ4n) is 2.07. The van der Waals surface area contributed by atoms with Crippen LogP contribution >= 0.6 is 11.6 Å². The summed E-state index contributed by atoms with van der Waals surface area (Å²) in [4.78, 5) is 11.7. The summed E-state index contributed by atoms with van der Waals surface area (Å²) in [5, 5.41) is 0.677. The van der Waals surface area contributed by atoms with Crippen molar-refractivity contribution >= 4 is 17.4 Å². The molecular formula is C14H13ClO2. The van der Waals surface area contributed by atoms with Gasteiger partial charge in [0, 0.05) is 10.6 Å². The van der Waals surface area contributed by atoms with Crippen LogP contribution in [0.1, 0.15) is 28.8 Å². The van der Waals surface area contributed by atoms with E-state index in [1.807, 2.05) is 38.1 Å². The Kier molecular flexibility index (Phi) is 3.07. The lowest BCUT2D eigenvalue weighted by Crippen LogP contribution is -1.95. The van der Waals surface area contributed by atoms with Gasteiger partial charge in [0.1, 0.15) is 11.5 Å². The second-order valence-corrected chi connectivity index (χ2v) is 4.46. The van der Waals surface area contributed by atoms with Crippen molar-refractivity contribution < 1.29 is 9.21 Å². The van der Waals surface area contributed by atoms with Gasteiger partial charge in [0.2, 0.25) is 0 Å². The van der Waals surface area contributed by atoms with Gasteiger partial charge in [0.05, 0.1) is 5.56 Å². The van der Waals surface area contributed by atoms with E-state index in [0.29, 0.717) is 16.3 Å². The molecule has 3 heteroatoms. The average molecular weight is 249 g/mol. The first-order valence-electron chi connectivity index (χ1n) is 5.37. The van der Waals surface area contributed by atoms with Crippen LogP contribution in [0.15, 0.2) is 28.7 Å². The molecule has 0 aliphatic heterocycles. The largest absolute Gasteiger partial charge is 0.465 e. The molecule has 1 aromatic heterocycles. The van der Waals surface area contributed by atoms with E-state index in [-0.39, 0.29) is 5.78 Å². The van der Waals surface area contributed by atoms with Gasteiger partial charge >= 0.3 is 0 Å². The Balaban J connectivity index is 2.66. The number of ketones is 1. The van der Waals surface area contributed by atoms with Crippen molar-refractivity contribution in [2.45, 2.75) is 20.8 Å². The third-order valence-corrected chi connectivity index (χ3v) is 3.00. The summed E-state index contributed by atoms with van der Waals surface area (Å²) in [6.45, 7) is 5.23. The predicted molar refractivity (Wildman–Crippen MR) is 68.6 cm³/mol. The molecule has 0 atom stereocenters. The van der Waals surface area contributed by atoms with Crippen LogP contribution in [0.2, 0.25) is 5.02 Å². The van der Waals surface area contributed by atoms with E-state index >= 15 is 0 Å². The Hall–Kier alpha value is -1.54. The standard InChI is InChI=1S/C14H13ClO2/c1-8(16)13-9(2)17-10(3)14(13)11-4-6-12(15)7-5-11/h4-7H,1-3H3. The van der Waals surface area contributed by atoms with Gasteiger partial charge in [-0.15, -0.1) is 0 Å². The molecule has 0 unspecified atom stereocenters. The van der Waals surface area contributed by atoms with Crippen molar-refractivity contribution in [1.82, 2.24) is 0 Å². The molecular weight excluding hydrogens is 236 g/mol. The first-order chi connectivity index (χ1) is 8.00. The van der Waals surface area contributed by atoms with E-state index in [4.69, 9.17) is 16.0 Å². The lowest BCUT2D eigenvalue weighted by atomic mass is 9.98. The van der Waals surface area contributed by atoms with Gasteiger partial charge in [-0.25, -0.2) is 0 Å². The van der Waals surface area contributed by atoms with Crippen LogP contribution in [0.4, 0.5) is 0 Å². The second kappa shape index (κ2) is 4.38.